The summed E-state index contributed by atoms with van der Waals surface area (Å²) in [5.74, 6) is 0. The molecule has 2 nitrogen and oxygen atoms in total. The third-order valence-corrected chi connectivity index (χ3v) is 7.50. The summed E-state index contributed by atoms with van der Waals surface area (Å²) in [6.45, 7) is 6.53. The first kappa shape index (κ1) is 17.4. The van der Waals surface area contributed by atoms with E-state index in [1.54, 1.807) is 0 Å². The van der Waals surface area contributed by atoms with Crippen LogP contribution in [-0.4, -0.2) is 25.9 Å². The molecule has 0 heterocycles. The van der Waals surface area contributed by atoms with Gasteiger partial charge in [0.15, 0.2) is 0 Å². The molecule has 3 heteroatoms. The Morgan fingerprint density at radius 1 is 0.917 bits per heavy atom. The van der Waals surface area contributed by atoms with E-state index in [1.807, 2.05) is 12.1 Å². The van der Waals surface area contributed by atoms with Crippen LogP contribution in [0.15, 0.2) is 60.7 Å². The minimum absolute atomic E-state index is 0.0933. The van der Waals surface area contributed by atoms with Crippen molar-refractivity contribution in [2.75, 3.05) is 0 Å². The predicted octanol–water partition coefficient (Wildman–Crippen LogP) is 2.87. The van der Waals surface area contributed by atoms with Crippen molar-refractivity contribution in [3.63, 3.8) is 0 Å². The van der Waals surface area contributed by atoms with Gasteiger partial charge in [-0.3, -0.25) is 0 Å². The summed E-state index contributed by atoms with van der Waals surface area (Å²) in [7, 11) is -1.85. The lowest BCUT2D eigenvalue weighted by Gasteiger charge is -2.49. The van der Waals surface area contributed by atoms with Crippen molar-refractivity contribution in [1.29, 1.82) is 0 Å². The molecule has 2 aromatic rings. The zero-order chi connectivity index (χ0) is 17.2. The number of hydrogen-bond donors (Lipinski definition) is 1. The quantitative estimate of drug-likeness (QED) is 0.848. The summed E-state index contributed by atoms with van der Waals surface area (Å²) < 4.78 is 6.78. The molecule has 0 radical (unpaired) electrons. The molecule has 0 bridgehead atoms. The summed E-state index contributed by atoms with van der Waals surface area (Å²) in [5, 5.41) is 13.6. The molecule has 3 rings (SSSR count). The minimum atomic E-state index is -1.85. The Hall–Kier alpha value is -1.42. The molecule has 1 atom stereocenters. The van der Waals surface area contributed by atoms with Gasteiger partial charge in [0.1, 0.15) is 0 Å². The van der Waals surface area contributed by atoms with Crippen molar-refractivity contribution in [3.05, 3.63) is 60.7 Å². The van der Waals surface area contributed by atoms with Gasteiger partial charge in [-0.25, -0.2) is 0 Å². The number of rotatable bonds is 5. The molecular formula is C21H28O2Si. The normalized spacial score (nSPS) is 18.2. The molecule has 128 valence electrons. The molecule has 0 aromatic heterocycles. The van der Waals surface area contributed by atoms with Crippen molar-refractivity contribution >= 4 is 19.4 Å². The first-order chi connectivity index (χ1) is 11.4. The van der Waals surface area contributed by atoms with Crippen LogP contribution in [0.1, 0.15) is 40.0 Å². The van der Waals surface area contributed by atoms with E-state index in [0.717, 1.165) is 19.3 Å². The number of benzene rings is 2. The van der Waals surface area contributed by atoms with Crippen LogP contribution in [0.3, 0.4) is 0 Å². The molecule has 24 heavy (non-hydrogen) atoms. The van der Waals surface area contributed by atoms with E-state index in [1.165, 1.54) is 10.4 Å². The van der Waals surface area contributed by atoms with Crippen molar-refractivity contribution in [3.8, 4) is 0 Å². The fraction of sp³-hybridized carbons (Fsp3) is 0.429. The third-order valence-electron chi connectivity index (χ3n) is 4.97. The molecule has 1 N–H and O–H groups in total. The van der Waals surface area contributed by atoms with Gasteiger partial charge in [-0.2, -0.15) is 0 Å². The SMILES string of the molecule is CC(C)(C)C(O[SiH](c1ccccc1)c1ccccc1)C1(O)CCC1. The van der Waals surface area contributed by atoms with Crippen LogP contribution >= 0.6 is 0 Å². The Morgan fingerprint density at radius 2 is 1.38 bits per heavy atom. The Balaban J connectivity index is 1.96. The lowest BCUT2D eigenvalue weighted by Crippen LogP contribution is -2.60. The van der Waals surface area contributed by atoms with E-state index in [4.69, 9.17) is 4.43 Å². The van der Waals surface area contributed by atoms with Gasteiger partial charge >= 0.3 is 0 Å². The van der Waals surface area contributed by atoms with E-state index in [0.29, 0.717) is 0 Å². The fourth-order valence-electron chi connectivity index (χ4n) is 3.68. The summed E-state index contributed by atoms with van der Waals surface area (Å²) in [6.07, 6.45) is 2.64. The number of aliphatic hydroxyl groups is 1. The largest absolute Gasteiger partial charge is 0.405 e. The first-order valence-electron chi connectivity index (χ1n) is 8.88. The summed E-state index contributed by atoms with van der Waals surface area (Å²) >= 11 is 0. The average molecular weight is 341 g/mol. The monoisotopic (exact) mass is 340 g/mol. The minimum Gasteiger partial charge on any atom is -0.405 e. The standard InChI is InChI=1S/C21H28O2Si/c1-20(2,3)19(21(22)15-10-16-21)23-24(17-11-6-4-7-12-17)18-13-8-5-9-14-18/h4-9,11-14,19,22,24H,10,15-16H2,1-3H3. The van der Waals surface area contributed by atoms with Gasteiger partial charge in [-0.1, -0.05) is 81.4 Å². The van der Waals surface area contributed by atoms with E-state index < -0.39 is 14.6 Å². The topological polar surface area (TPSA) is 29.5 Å². The Morgan fingerprint density at radius 3 is 1.71 bits per heavy atom. The van der Waals surface area contributed by atoms with E-state index >= 15 is 0 Å². The average Bonchev–Trinajstić information content (AvgIpc) is 2.54. The van der Waals surface area contributed by atoms with Gasteiger partial charge < -0.3 is 9.53 Å². The fourth-order valence-corrected chi connectivity index (χ4v) is 6.46. The van der Waals surface area contributed by atoms with Crippen molar-refractivity contribution in [2.24, 2.45) is 5.41 Å². The maximum absolute atomic E-state index is 11.0. The lowest BCUT2D eigenvalue weighted by molar-refractivity contribution is -0.150. The zero-order valence-electron chi connectivity index (χ0n) is 14.9. The van der Waals surface area contributed by atoms with Gasteiger partial charge in [-0.15, -0.1) is 0 Å². The Bertz CT molecular complexity index is 605. The van der Waals surface area contributed by atoms with Gasteiger partial charge in [0.05, 0.1) is 11.7 Å². The molecule has 1 aliphatic rings. The Kier molecular flexibility index (Phi) is 4.95. The third kappa shape index (κ3) is 3.64. The highest BCUT2D eigenvalue weighted by atomic mass is 28.3. The molecule has 0 amide bonds. The molecular weight excluding hydrogens is 312 g/mol. The molecule has 0 aliphatic heterocycles. The van der Waals surface area contributed by atoms with Gasteiger partial charge in [0.25, 0.3) is 0 Å². The zero-order valence-corrected chi connectivity index (χ0v) is 16.1. The smallest absolute Gasteiger partial charge is 0.240 e. The highest BCUT2D eigenvalue weighted by Crippen LogP contribution is 2.43. The second-order valence-corrected chi connectivity index (χ2v) is 10.4. The van der Waals surface area contributed by atoms with Crippen LogP contribution < -0.4 is 10.4 Å². The van der Waals surface area contributed by atoms with E-state index in [9.17, 15) is 5.11 Å². The molecule has 1 unspecified atom stereocenters. The maximum atomic E-state index is 11.0. The summed E-state index contributed by atoms with van der Waals surface area (Å²) in [5.41, 5.74) is -0.767. The molecule has 1 saturated carbocycles. The lowest BCUT2D eigenvalue weighted by atomic mass is 9.68. The van der Waals surface area contributed by atoms with E-state index in [-0.39, 0.29) is 11.5 Å². The van der Waals surface area contributed by atoms with Crippen LogP contribution in [0, 0.1) is 5.41 Å². The van der Waals surface area contributed by atoms with E-state index in [2.05, 4.69) is 69.3 Å². The highest BCUT2D eigenvalue weighted by Gasteiger charge is 2.49. The van der Waals surface area contributed by atoms with Crippen LogP contribution in [0.4, 0.5) is 0 Å². The molecule has 0 spiro atoms. The number of hydrogen-bond acceptors (Lipinski definition) is 2. The molecule has 0 saturated heterocycles. The highest BCUT2D eigenvalue weighted by molar-refractivity contribution is 6.80. The second-order valence-electron chi connectivity index (χ2n) is 8.04. The first-order valence-corrected chi connectivity index (χ1v) is 10.5. The van der Waals surface area contributed by atoms with Crippen LogP contribution in [0.5, 0.6) is 0 Å². The molecule has 2 aromatic carbocycles. The Labute approximate surface area is 147 Å². The van der Waals surface area contributed by atoms with Crippen LogP contribution in [0.2, 0.25) is 0 Å². The predicted molar refractivity (Wildman–Crippen MR) is 102 cm³/mol. The van der Waals surface area contributed by atoms with Crippen LogP contribution in [-0.2, 0) is 4.43 Å². The van der Waals surface area contributed by atoms with Gasteiger partial charge in [0, 0.05) is 0 Å². The molecule has 1 aliphatic carbocycles. The summed E-state index contributed by atoms with van der Waals surface area (Å²) in [4.78, 5) is 0. The van der Waals surface area contributed by atoms with Gasteiger partial charge in [0.2, 0.25) is 9.04 Å². The van der Waals surface area contributed by atoms with Crippen LogP contribution in [0.25, 0.3) is 0 Å². The van der Waals surface area contributed by atoms with Crippen molar-refractivity contribution in [2.45, 2.75) is 51.7 Å². The van der Waals surface area contributed by atoms with Crippen molar-refractivity contribution in [1.82, 2.24) is 0 Å². The van der Waals surface area contributed by atoms with Crippen molar-refractivity contribution < 1.29 is 9.53 Å². The maximum Gasteiger partial charge on any atom is 0.240 e. The summed E-state index contributed by atoms with van der Waals surface area (Å²) in [6, 6.07) is 21.0. The molecule has 1 fully saturated rings. The van der Waals surface area contributed by atoms with Gasteiger partial charge in [-0.05, 0) is 35.1 Å². The second kappa shape index (κ2) is 6.83.